The standard InChI is InChI=1S/C6H12O3S2.Sb/c1-3-10-4(2)11-6(9)5(7)8;/h4,6,9H,3H2,1-2H3,(H,7,8);. The third kappa shape index (κ3) is 7.59. The molecule has 0 saturated heterocycles. The average Bonchev–Trinajstić information content (AvgIpc) is 1.87. The Morgan fingerprint density at radius 3 is 2.42 bits per heavy atom. The normalized spacial score (nSPS) is 14.6. The van der Waals surface area contributed by atoms with E-state index in [1.807, 2.05) is 13.8 Å². The van der Waals surface area contributed by atoms with Gasteiger partial charge in [0.25, 0.3) is 0 Å². The van der Waals surface area contributed by atoms with E-state index in [2.05, 4.69) is 0 Å². The molecule has 2 atom stereocenters. The van der Waals surface area contributed by atoms with E-state index in [1.165, 1.54) is 0 Å². The van der Waals surface area contributed by atoms with Gasteiger partial charge in [0.05, 0.1) is 4.58 Å². The number of aliphatic hydroxyl groups excluding tert-OH is 1. The molecule has 3 nitrogen and oxygen atoms in total. The SMILES string of the molecule is CCSC(C)SC(O)C(=O)O.[Sb]. The molecule has 0 fully saturated rings. The Morgan fingerprint density at radius 1 is 1.58 bits per heavy atom. The number of rotatable bonds is 5. The number of aliphatic carboxylic acids is 1. The zero-order valence-electron chi connectivity index (χ0n) is 6.93. The molecule has 0 aromatic rings. The van der Waals surface area contributed by atoms with Crippen molar-refractivity contribution in [1.82, 2.24) is 0 Å². The molecule has 3 radical (unpaired) electrons. The molecule has 0 aliphatic rings. The minimum absolute atomic E-state index is 0. The summed E-state index contributed by atoms with van der Waals surface area (Å²) >= 11 is 2.67. The van der Waals surface area contributed by atoms with Gasteiger partial charge in [-0.3, -0.25) is 0 Å². The summed E-state index contributed by atoms with van der Waals surface area (Å²) in [6.45, 7) is 3.87. The van der Waals surface area contributed by atoms with Crippen LogP contribution in [0.3, 0.4) is 0 Å². The maximum Gasteiger partial charge on any atom is 0.343 e. The van der Waals surface area contributed by atoms with Gasteiger partial charge in [-0.25, -0.2) is 4.79 Å². The van der Waals surface area contributed by atoms with Gasteiger partial charge in [0.15, 0.2) is 5.44 Å². The Bertz CT molecular complexity index is 134. The first-order valence-electron chi connectivity index (χ1n) is 3.25. The number of hydrogen-bond acceptors (Lipinski definition) is 4. The fourth-order valence-corrected chi connectivity index (χ4v) is 2.50. The molecule has 0 amide bonds. The minimum atomic E-state index is -1.29. The van der Waals surface area contributed by atoms with Crippen LogP contribution in [0.15, 0.2) is 0 Å². The second-order valence-electron chi connectivity index (χ2n) is 1.85. The van der Waals surface area contributed by atoms with Crippen LogP contribution in [-0.2, 0) is 4.79 Å². The van der Waals surface area contributed by atoms with E-state index in [-0.39, 0.29) is 29.0 Å². The Hall–Kier alpha value is 0.948. The molecule has 0 aliphatic carbocycles. The smallest absolute Gasteiger partial charge is 0.343 e. The zero-order chi connectivity index (χ0) is 8.85. The molecule has 0 aromatic heterocycles. The first kappa shape index (κ1) is 15.4. The predicted molar refractivity (Wildman–Crippen MR) is 54.6 cm³/mol. The molecular formula is C6H12O3S2Sb. The largest absolute Gasteiger partial charge is 0.479 e. The number of aliphatic hydroxyl groups is 1. The molecular weight excluding hydrogens is 306 g/mol. The van der Waals surface area contributed by atoms with Gasteiger partial charge in [0.1, 0.15) is 0 Å². The van der Waals surface area contributed by atoms with Crippen molar-refractivity contribution in [1.29, 1.82) is 0 Å². The van der Waals surface area contributed by atoms with E-state index >= 15 is 0 Å². The van der Waals surface area contributed by atoms with E-state index in [1.54, 1.807) is 11.8 Å². The second-order valence-corrected chi connectivity index (χ2v) is 5.19. The van der Waals surface area contributed by atoms with Gasteiger partial charge in [-0.1, -0.05) is 6.92 Å². The summed E-state index contributed by atoms with van der Waals surface area (Å²) in [5.41, 5.74) is -1.29. The summed E-state index contributed by atoms with van der Waals surface area (Å²) in [5, 5.41) is 17.2. The number of hydrogen-bond donors (Lipinski definition) is 2. The second kappa shape index (κ2) is 8.54. The van der Waals surface area contributed by atoms with Crippen LogP contribution < -0.4 is 0 Å². The summed E-state index contributed by atoms with van der Waals surface area (Å²) in [5.74, 6) is -0.237. The van der Waals surface area contributed by atoms with Crippen molar-refractivity contribution in [2.45, 2.75) is 23.9 Å². The number of carbonyl (C=O) groups is 1. The van der Waals surface area contributed by atoms with Gasteiger partial charge in [0, 0.05) is 24.4 Å². The van der Waals surface area contributed by atoms with Crippen molar-refractivity contribution in [2.24, 2.45) is 0 Å². The predicted octanol–water partition coefficient (Wildman–Crippen LogP) is 0.841. The number of thioether (sulfide) groups is 2. The Labute approximate surface area is 98.1 Å². The molecule has 0 bridgehead atoms. The molecule has 12 heavy (non-hydrogen) atoms. The fraction of sp³-hybridized carbons (Fsp3) is 0.833. The van der Waals surface area contributed by atoms with Crippen LogP contribution in [0.4, 0.5) is 0 Å². The van der Waals surface area contributed by atoms with Crippen molar-refractivity contribution in [3.63, 3.8) is 0 Å². The third-order valence-electron chi connectivity index (χ3n) is 0.933. The van der Waals surface area contributed by atoms with Gasteiger partial charge >= 0.3 is 5.97 Å². The maximum atomic E-state index is 10.2. The van der Waals surface area contributed by atoms with E-state index in [0.717, 1.165) is 17.5 Å². The van der Waals surface area contributed by atoms with Gasteiger partial charge in [0.2, 0.25) is 0 Å². The number of carboxylic acid groups (broad SMARTS) is 1. The molecule has 0 saturated carbocycles. The van der Waals surface area contributed by atoms with Crippen LogP contribution in [0.25, 0.3) is 0 Å². The summed E-state index contributed by atoms with van der Waals surface area (Å²) in [7, 11) is 0. The minimum Gasteiger partial charge on any atom is -0.479 e. The topological polar surface area (TPSA) is 57.5 Å². The van der Waals surface area contributed by atoms with Gasteiger partial charge in [-0.2, -0.15) is 0 Å². The molecule has 0 heterocycles. The van der Waals surface area contributed by atoms with Crippen LogP contribution >= 0.6 is 23.5 Å². The monoisotopic (exact) mass is 317 g/mol. The fourth-order valence-electron chi connectivity index (χ4n) is 0.514. The Balaban J connectivity index is 0. The van der Waals surface area contributed by atoms with Gasteiger partial charge in [-0.15, -0.1) is 23.5 Å². The van der Waals surface area contributed by atoms with Crippen LogP contribution in [-0.4, -0.2) is 56.4 Å². The Morgan fingerprint density at radius 2 is 2.08 bits per heavy atom. The van der Waals surface area contributed by atoms with Crippen LogP contribution in [0.5, 0.6) is 0 Å². The number of carboxylic acids is 1. The molecule has 71 valence electrons. The summed E-state index contributed by atoms with van der Waals surface area (Å²) in [4.78, 5) is 10.2. The molecule has 0 spiro atoms. The molecule has 6 heteroatoms. The molecule has 2 unspecified atom stereocenters. The molecule has 0 aromatic carbocycles. The zero-order valence-corrected chi connectivity index (χ0v) is 11.1. The molecule has 0 aliphatic heterocycles. The van der Waals surface area contributed by atoms with Crippen LogP contribution in [0, 0.1) is 0 Å². The quantitative estimate of drug-likeness (QED) is 0.581. The summed E-state index contributed by atoms with van der Waals surface area (Å²) < 4.78 is 0.131. The Kier molecular flexibility index (Phi) is 11.0. The first-order chi connectivity index (χ1) is 5.07. The third-order valence-corrected chi connectivity index (χ3v) is 3.32. The molecule has 0 rings (SSSR count). The van der Waals surface area contributed by atoms with Crippen molar-refractivity contribution < 1.29 is 15.0 Å². The van der Waals surface area contributed by atoms with E-state index < -0.39 is 11.4 Å². The summed E-state index contributed by atoms with van der Waals surface area (Å²) in [6, 6.07) is 0. The maximum absolute atomic E-state index is 10.2. The van der Waals surface area contributed by atoms with E-state index in [9.17, 15) is 4.79 Å². The first-order valence-corrected chi connectivity index (χ1v) is 5.25. The van der Waals surface area contributed by atoms with Crippen molar-refractivity contribution in [3.05, 3.63) is 0 Å². The van der Waals surface area contributed by atoms with Gasteiger partial charge in [-0.05, 0) is 12.7 Å². The average molecular weight is 318 g/mol. The summed E-state index contributed by atoms with van der Waals surface area (Å²) in [6.07, 6.45) is 0. The van der Waals surface area contributed by atoms with Gasteiger partial charge < -0.3 is 10.2 Å². The van der Waals surface area contributed by atoms with Crippen LogP contribution in [0.1, 0.15) is 13.8 Å². The van der Waals surface area contributed by atoms with Crippen molar-refractivity contribution in [2.75, 3.05) is 5.75 Å². The van der Waals surface area contributed by atoms with Crippen molar-refractivity contribution in [3.8, 4) is 0 Å². The molecule has 2 N–H and O–H groups in total. The van der Waals surface area contributed by atoms with Crippen LogP contribution in [0.2, 0.25) is 0 Å². The van der Waals surface area contributed by atoms with E-state index in [4.69, 9.17) is 10.2 Å². The van der Waals surface area contributed by atoms with Crippen molar-refractivity contribution >= 4 is 53.9 Å². The van der Waals surface area contributed by atoms with E-state index in [0.29, 0.717) is 0 Å².